The lowest BCUT2D eigenvalue weighted by molar-refractivity contribution is 1.29. The average Bonchev–Trinajstić information content (AvgIpc) is 2.51. The second kappa shape index (κ2) is 3.87. The topological polar surface area (TPSA) is 44.5 Å². The highest BCUT2D eigenvalue weighted by Crippen LogP contribution is 2.11. The Balaban J connectivity index is 0.000000396. The van der Waals surface area contributed by atoms with Crippen molar-refractivity contribution in [2.24, 2.45) is 0 Å². The van der Waals surface area contributed by atoms with Crippen molar-refractivity contribution in [3.8, 4) is 12.8 Å². The molecular weight excluding hydrogens is 182 g/mol. The van der Waals surface area contributed by atoms with Crippen molar-refractivity contribution in [1.82, 2.24) is 15.0 Å². The van der Waals surface area contributed by atoms with Crippen LogP contribution in [0, 0.1) is 24.5 Å². The molecule has 0 aliphatic heterocycles. The highest BCUT2D eigenvalue weighted by Gasteiger charge is 1.97. The molecule has 2 rings (SSSR count). The number of aromatic amines is 2. The quantitative estimate of drug-likeness (QED) is 0.495. The minimum absolute atomic E-state index is 0.649. The summed E-state index contributed by atoms with van der Waals surface area (Å²) in [6.45, 7) is 1.99. The standard InChI is InChI=1S/C7H7N3S.C2H2/c1-4-2-8-3-5-6(4)10-7(11)9-5;1-2/h2-3H,1H3,(H2,9,10,11);1-2H. The average molecular weight is 191 g/mol. The molecule has 0 aliphatic carbocycles. The number of aromatic nitrogens is 3. The summed E-state index contributed by atoms with van der Waals surface area (Å²) in [6, 6.07) is 0. The van der Waals surface area contributed by atoms with Crippen LogP contribution < -0.4 is 0 Å². The third-order valence-corrected chi connectivity index (χ3v) is 1.83. The number of fused-ring (bicyclic) bond motifs is 1. The van der Waals surface area contributed by atoms with Crippen LogP contribution in [0.15, 0.2) is 12.4 Å². The van der Waals surface area contributed by atoms with Crippen LogP contribution in [0.4, 0.5) is 0 Å². The van der Waals surface area contributed by atoms with E-state index in [9.17, 15) is 0 Å². The summed E-state index contributed by atoms with van der Waals surface area (Å²) < 4.78 is 0.649. The predicted octanol–water partition coefficient (Wildman–Crippen LogP) is 2.18. The molecule has 0 aromatic carbocycles. The first-order chi connectivity index (χ1) is 6.27. The Kier molecular flexibility index (Phi) is 2.83. The van der Waals surface area contributed by atoms with Gasteiger partial charge >= 0.3 is 0 Å². The van der Waals surface area contributed by atoms with E-state index in [1.54, 1.807) is 12.4 Å². The van der Waals surface area contributed by atoms with E-state index >= 15 is 0 Å². The Bertz CT molecular complexity index is 478. The molecule has 0 bridgehead atoms. The van der Waals surface area contributed by atoms with Gasteiger partial charge in [0.25, 0.3) is 0 Å². The third-order valence-electron chi connectivity index (χ3n) is 1.62. The molecule has 2 aromatic heterocycles. The molecule has 0 atom stereocenters. The van der Waals surface area contributed by atoms with Gasteiger partial charge in [-0.2, -0.15) is 0 Å². The van der Waals surface area contributed by atoms with Crippen molar-refractivity contribution >= 4 is 23.3 Å². The Hall–Kier alpha value is -1.60. The molecule has 0 saturated heterocycles. The monoisotopic (exact) mass is 191 g/mol. The number of pyridine rings is 1. The van der Waals surface area contributed by atoms with Crippen molar-refractivity contribution in [3.63, 3.8) is 0 Å². The summed E-state index contributed by atoms with van der Waals surface area (Å²) >= 11 is 4.93. The number of nitrogens with zero attached hydrogens (tertiary/aromatic N) is 1. The lowest BCUT2D eigenvalue weighted by Gasteiger charge is -1.90. The molecule has 2 heterocycles. The van der Waals surface area contributed by atoms with Crippen LogP contribution in [0.5, 0.6) is 0 Å². The van der Waals surface area contributed by atoms with E-state index in [0.29, 0.717) is 4.77 Å². The van der Waals surface area contributed by atoms with E-state index in [4.69, 9.17) is 12.2 Å². The van der Waals surface area contributed by atoms with Crippen LogP contribution >= 0.6 is 12.2 Å². The highest BCUT2D eigenvalue weighted by atomic mass is 32.1. The van der Waals surface area contributed by atoms with Crippen molar-refractivity contribution in [2.45, 2.75) is 6.92 Å². The maximum atomic E-state index is 4.93. The number of terminal acetylenes is 1. The zero-order chi connectivity index (χ0) is 9.84. The number of aryl methyl sites for hydroxylation is 1. The number of nitrogens with one attached hydrogen (secondary N) is 2. The zero-order valence-electron chi connectivity index (χ0n) is 7.16. The summed E-state index contributed by atoms with van der Waals surface area (Å²) in [7, 11) is 0. The van der Waals surface area contributed by atoms with Gasteiger partial charge in [0.05, 0.1) is 17.2 Å². The Labute approximate surface area is 81.2 Å². The number of rotatable bonds is 0. The van der Waals surface area contributed by atoms with Crippen LogP contribution in [0.1, 0.15) is 5.56 Å². The van der Waals surface area contributed by atoms with Crippen molar-refractivity contribution < 1.29 is 0 Å². The molecular formula is C9H9N3S. The zero-order valence-corrected chi connectivity index (χ0v) is 7.98. The smallest absolute Gasteiger partial charge is 0.175 e. The fourth-order valence-corrected chi connectivity index (χ4v) is 1.30. The van der Waals surface area contributed by atoms with Gasteiger partial charge in [-0.15, -0.1) is 12.8 Å². The van der Waals surface area contributed by atoms with Crippen molar-refractivity contribution in [1.29, 1.82) is 0 Å². The van der Waals surface area contributed by atoms with Gasteiger partial charge in [-0.1, -0.05) is 0 Å². The summed E-state index contributed by atoms with van der Waals surface area (Å²) in [4.78, 5) is 10.1. The van der Waals surface area contributed by atoms with E-state index in [0.717, 1.165) is 16.6 Å². The minimum atomic E-state index is 0.649. The molecule has 2 N–H and O–H groups in total. The van der Waals surface area contributed by atoms with Crippen molar-refractivity contribution in [2.75, 3.05) is 0 Å². The molecule has 3 nitrogen and oxygen atoms in total. The lowest BCUT2D eigenvalue weighted by atomic mass is 10.3. The fourth-order valence-electron chi connectivity index (χ4n) is 1.09. The Morgan fingerprint density at radius 3 is 2.62 bits per heavy atom. The lowest BCUT2D eigenvalue weighted by Crippen LogP contribution is -1.78. The molecule has 0 aliphatic rings. The Morgan fingerprint density at radius 1 is 1.31 bits per heavy atom. The first-order valence-electron chi connectivity index (χ1n) is 3.63. The van der Waals surface area contributed by atoms with E-state index in [1.807, 2.05) is 6.92 Å². The second-order valence-corrected chi connectivity index (χ2v) is 2.87. The first kappa shape index (κ1) is 9.49. The third kappa shape index (κ3) is 1.76. The van der Waals surface area contributed by atoms with Gasteiger partial charge in [-0.05, 0) is 24.7 Å². The second-order valence-electron chi connectivity index (χ2n) is 2.46. The van der Waals surface area contributed by atoms with Crippen LogP contribution in [0.25, 0.3) is 11.0 Å². The number of imidazole rings is 1. The predicted molar refractivity (Wildman–Crippen MR) is 55.9 cm³/mol. The summed E-state index contributed by atoms with van der Waals surface area (Å²) in [5, 5.41) is 0. The maximum Gasteiger partial charge on any atom is 0.175 e. The largest absolute Gasteiger partial charge is 0.330 e. The van der Waals surface area contributed by atoms with Crippen LogP contribution in [-0.4, -0.2) is 15.0 Å². The van der Waals surface area contributed by atoms with Gasteiger partial charge in [0.15, 0.2) is 4.77 Å². The molecule has 0 fully saturated rings. The molecule has 0 radical (unpaired) electrons. The molecule has 13 heavy (non-hydrogen) atoms. The number of H-pyrrole nitrogens is 2. The SMILES string of the molecule is C#C.Cc1cncc2[nH]c(=S)[nH]c12. The van der Waals surface area contributed by atoms with Gasteiger partial charge in [0, 0.05) is 6.20 Å². The van der Waals surface area contributed by atoms with Crippen molar-refractivity contribution in [3.05, 3.63) is 22.7 Å². The summed E-state index contributed by atoms with van der Waals surface area (Å²) in [6.07, 6.45) is 11.6. The minimum Gasteiger partial charge on any atom is -0.330 e. The van der Waals surface area contributed by atoms with E-state index in [2.05, 4.69) is 27.8 Å². The Morgan fingerprint density at radius 2 is 2.00 bits per heavy atom. The maximum absolute atomic E-state index is 4.93. The van der Waals surface area contributed by atoms with Crippen LogP contribution in [-0.2, 0) is 0 Å². The molecule has 0 saturated carbocycles. The van der Waals surface area contributed by atoms with Gasteiger partial charge in [0.1, 0.15) is 0 Å². The highest BCUT2D eigenvalue weighted by molar-refractivity contribution is 7.71. The summed E-state index contributed by atoms with van der Waals surface area (Å²) in [5.74, 6) is 0. The van der Waals surface area contributed by atoms with E-state index in [-0.39, 0.29) is 0 Å². The van der Waals surface area contributed by atoms with Gasteiger partial charge in [-0.25, -0.2) is 0 Å². The molecule has 0 unspecified atom stereocenters. The molecule has 4 heteroatoms. The first-order valence-corrected chi connectivity index (χ1v) is 4.04. The normalized spacial score (nSPS) is 9.15. The van der Waals surface area contributed by atoms with E-state index in [1.165, 1.54) is 0 Å². The fraction of sp³-hybridized carbons (Fsp3) is 0.111. The van der Waals surface area contributed by atoms with Crippen LogP contribution in [0.3, 0.4) is 0 Å². The number of hydrogen-bond acceptors (Lipinski definition) is 2. The van der Waals surface area contributed by atoms with E-state index < -0.39 is 0 Å². The molecule has 2 aromatic rings. The van der Waals surface area contributed by atoms with Gasteiger partial charge in [0.2, 0.25) is 0 Å². The molecule has 0 amide bonds. The summed E-state index contributed by atoms with van der Waals surface area (Å²) in [5.41, 5.74) is 3.12. The van der Waals surface area contributed by atoms with Crippen LogP contribution in [0.2, 0.25) is 0 Å². The molecule has 66 valence electrons. The molecule has 0 spiro atoms. The number of hydrogen-bond donors (Lipinski definition) is 2. The van der Waals surface area contributed by atoms with Gasteiger partial charge < -0.3 is 9.97 Å². The van der Waals surface area contributed by atoms with Gasteiger partial charge in [-0.3, -0.25) is 4.98 Å².